The largest absolute Gasteiger partial charge is 0.365 e. The Bertz CT molecular complexity index is 293. The van der Waals surface area contributed by atoms with Crippen molar-refractivity contribution < 1.29 is 0 Å². The summed E-state index contributed by atoms with van der Waals surface area (Å²) in [5.41, 5.74) is 3.05. The van der Waals surface area contributed by atoms with Crippen molar-refractivity contribution in [2.24, 2.45) is 0 Å². The summed E-state index contributed by atoms with van der Waals surface area (Å²) in [5.74, 6) is 0. The van der Waals surface area contributed by atoms with Gasteiger partial charge in [0.25, 0.3) is 0 Å². The van der Waals surface area contributed by atoms with Crippen molar-refractivity contribution in [2.45, 2.75) is 39.2 Å². The second-order valence-electron chi connectivity index (χ2n) is 4.77. The van der Waals surface area contributed by atoms with Gasteiger partial charge in [-0.2, -0.15) is 0 Å². The molecule has 2 heterocycles. The van der Waals surface area contributed by atoms with Crippen molar-refractivity contribution in [1.82, 2.24) is 4.98 Å². The predicted molar refractivity (Wildman–Crippen MR) is 56.2 cm³/mol. The maximum atomic E-state index is 3.32. The van der Waals surface area contributed by atoms with Crippen LogP contribution in [0.3, 0.4) is 0 Å². The Morgan fingerprint density at radius 3 is 2.85 bits per heavy atom. The fourth-order valence-corrected chi connectivity index (χ4v) is 2.08. The third-order valence-electron chi connectivity index (χ3n) is 2.72. The van der Waals surface area contributed by atoms with Gasteiger partial charge in [0.2, 0.25) is 0 Å². The molecular weight excluding hydrogens is 160 g/mol. The van der Waals surface area contributed by atoms with Crippen LogP contribution in [0.25, 0.3) is 0 Å². The average molecular weight is 178 g/mol. The highest BCUT2D eigenvalue weighted by Gasteiger charge is 2.26. The fraction of sp³-hybridized carbons (Fsp3) is 0.636. The summed E-state index contributed by atoms with van der Waals surface area (Å²) >= 11 is 0. The maximum Gasteiger partial charge on any atom is 0.0581 e. The summed E-state index contributed by atoms with van der Waals surface area (Å²) in [6.45, 7) is 8.01. The van der Waals surface area contributed by atoms with E-state index in [0.29, 0.717) is 0 Å². The molecule has 0 unspecified atom stereocenters. The van der Waals surface area contributed by atoms with Crippen LogP contribution >= 0.6 is 0 Å². The normalized spacial score (nSPS) is 17.3. The van der Waals surface area contributed by atoms with Crippen molar-refractivity contribution in [1.29, 1.82) is 0 Å². The number of nitrogens with zero attached hydrogens (tertiary/aromatic N) is 1. The van der Waals surface area contributed by atoms with Gasteiger partial charge in [0.15, 0.2) is 0 Å². The van der Waals surface area contributed by atoms with E-state index < -0.39 is 0 Å². The maximum absolute atomic E-state index is 3.32. The van der Waals surface area contributed by atoms with Crippen LogP contribution in [0.1, 0.15) is 32.9 Å². The van der Waals surface area contributed by atoms with Crippen LogP contribution in [0.4, 0.5) is 5.69 Å². The van der Waals surface area contributed by atoms with Gasteiger partial charge >= 0.3 is 0 Å². The molecule has 2 nitrogen and oxygen atoms in total. The number of aryl methyl sites for hydroxylation is 1. The molecule has 1 aromatic rings. The van der Waals surface area contributed by atoms with E-state index in [0.717, 1.165) is 0 Å². The Morgan fingerprint density at radius 2 is 2.15 bits per heavy atom. The van der Waals surface area contributed by atoms with Gasteiger partial charge in [-0.3, -0.25) is 0 Å². The zero-order valence-corrected chi connectivity index (χ0v) is 8.72. The molecule has 0 radical (unpaired) electrons. The highest BCUT2D eigenvalue weighted by atomic mass is 15.2. The van der Waals surface area contributed by atoms with Crippen molar-refractivity contribution >= 4 is 5.69 Å². The first-order valence-electron chi connectivity index (χ1n) is 5.03. The van der Waals surface area contributed by atoms with Gasteiger partial charge in [-0.25, -0.2) is 0 Å². The molecule has 0 saturated carbocycles. The Morgan fingerprint density at radius 1 is 1.38 bits per heavy atom. The molecule has 0 fully saturated rings. The molecule has 13 heavy (non-hydrogen) atoms. The van der Waals surface area contributed by atoms with E-state index in [9.17, 15) is 0 Å². The molecule has 2 heteroatoms. The molecule has 0 saturated heterocycles. The number of hydrogen-bond acceptors (Lipinski definition) is 1. The zero-order valence-electron chi connectivity index (χ0n) is 8.72. The lowest BCUT2D eigenvalue weighted by Crippen LogP contribution is -2.44. The molecule has 1 N–H and O–H groups in total. The monoisotopic (exact) mass is 178 g/mol. The SMILES string of the molecule is CC(C)(C)N1CCCc2[nH]ccc21. The minimum Gasteiger partial charge on any atom is -0.365 e. The van der Waals surface area contributed by atoms with E-state index in [1.54, 1.807) is 0 Å². The molecule has 0 bridgehead atoms. The van der Waals surface area contributed by atoms with Gasteiger partial charge in [-0.05, 0) is 39.7 Å². The van der Waals surface area contributed by atoms with E-state index >= 15 is 0 Å². The number of fused-ring (bicyclic) bond motifs is 1. The first kappa shape index (κ1) is 8.67. The molecule has 1 aliphatic rings. The number of nitrogens with one attached hydrogen (secondary N) is 1. The van der Waals surface area contributed by atoms with Crippen LogP contribution in [-0.2, 0) is 6.42 Å². The minimum absolute atomic E-state index is 0.247. The first-order chi connectivity index (χ1) is 6.09. The minimum atomic E-state index is 0.247. The Balaban J connectivity index is 2.35. The van der Waals surface area contributed by atoms with Gasteiger partial charge < -0.3 is 9.88 Å². The molecule has 0 aliphatic carbocycles. The topological polar surface area (TPSA) is 19.0 Å². The number of aromatic nitrogens is 1. The van der Waals surface area contributed by atoms with Crippen LogP contribution < -0.4 is 4.90 Å². The van der Waals surface area contributed by atoms with Crippen LogP contribution in [0, 0.1) is 0 Å². The molecule has 72 valence electrons. The van der Waals surface area contributed by atoms with Gasteiger partial charge in [-0.15, -0.1) is 0 Å². The second-order valence-corrected chi connectivity index (χ2v) is 4.77. The second kappa shape index (κ2) is 2.79. The zero-order chi connectivity index (χ0) is 9.47. The van der Waals surface area contributed by atoms with Crippen molar-refractivity contribution in [3.8, 4) is 0 Å². The van der Waals surface area contributed by atoms with Crippen molar-refractivity contribution in [3.63, 3.8) is 0 Å². The van der Waals surface area contributed by atoms with Crippen LogP contribution in [0.15, 0.2) is 12.3 Å². The lowest BCUT2D eigenvalue weighted by molar-refractivity contribution is 0.482. The molecule has 0 amide bonds. The van der Waals surface area contributed by atoms with Crippen molar-refractivity contribution in [2.75, 3.05) is 11.4 Å². The fourth-order valence-electron chi connectivity index (χ4n) is 2.08. The number of anilines is 1. The van der Waals surface area contributed by atoms with E-state index in [1.165, 1.54) is 30.8 Å². The number of aromatic amines is 1. The third kappa shape index (κ3) is 1.45. The summed E-state index contributed by atoms with van der Waals surface area (Å²) in [5, 5.41) is 0. The highest BCUT2D eigenvalue weighted by Crippen LogP contribution is 2.31. The summed E-state index contributed by atoms with van der Waals surface area (Å²) < 4.78 is 0. The van der Waals surface area contributed by atoms with Crippen LogP contribution in [0.5, 0.6) is 0 Å². The summed E-state index contributed by atoms with van der Waals surface area (Å²) in [6.07, 6.45) is 4.52. The van der Waals surface area contributed by atoms with Gasteiger partial charge in [0, 0.05) is 24.0 Å². The Hall–Kier alpha value is -0.920. The molecule has 1 aromatic heterocycles. The van der Waals surface area contributed by atoms with E-state index in [1.807, 2.05) is 0 Å². The van der Waals surface area contributed by atoms with Crippen molar-refractivity contribution in [3.05, 3.63) is 18.0 Å². The lowest BCUT2D eigenvalue weighted by Gasteiger charge is -2.40. The Kier molecular flexibility index (Phi) is 1.86. The lowest BCUT2D eigenvalue weighted by atomic mass is 10.00. The summed E-state index contributed by atoms with van der Waals surface area (Å²) in [4.78, 5) is 5.81. The van der Waals surface area contributed by atoms with E-state index in [4.69, 9.17) is 0 Å². The third-order valence-corrected chi connectivity index (χ3v) is 2.72. The quantitative estimate of drug-likeness (QED) is 0.647. The number of H-pyrrole nitrogens is 1. The van der Waals surface area contributed by atoms with Gasteiger partial charge in [0.05, 0.1) is 5.69 Å². The molecule has 2 rings (SSSR count). The predicted octanol–water partition coefficient (Wildman–Crippen LogP) is 2.57. The molecule has 0 spiro atoms. The molecule has 0 aromatic carbocycles. The smallest absolute Gasteiger partial charge is 0.0581 e. The standard InChI is InChI=1S/C11H18N2/c1-11(2,3)13-8-4-5-9-10(13)6-7-12-9/h6-7,12H,4-5,8H2,1-3H3. The van der Waals surface area contributed by atoms with Crippen LogP contribution in [0.2, 0.25) is 0 Å². The van der Waals surface area contributed by atoms with E-state index in [-0.39, 0.29) is 5.54 Å². The average Bonchev–Trinajstić information content (AvgIpc) is 2.48. The number of rotatable bonds is 0. The van der Waals surface area contributed by atoms with Gasteiger partial charge in [-0.1, -0.05) is 0 Å². The van der Waals surface area contributed by atoms with Gasteiger partial charge in [0.1, 0.15) is 0 Å². The molecular formula is C11H18N2. The molecule has 0 atom stereocenters. The number of hydrogen-bond donors (Lipinski definition) is 1. The summed E-state index contributed by atoms with van der Waals surface area (Å²) in [7, 11) is 0. The summed E-state index contributed by atoms with van der Waals surface area (Å²) in [6, 6.07) is 2.19. The first-order valence-corrected chi connectivity index (χ1v) is 5.03. The van der Waals surface area contributed by atoms with E-state index in [2.05, 4.69) is 42.9 Å². The van der Waals surface area contributed by atoms with Crippen LogP contribution in [-0.4, -0.2) is 17.1 Å². The Labute approximate surface area is 79.9 Å². The highest BCUT2D eigenvalue weighted by molar-refractivity contribution is 5.54. The molecule has 1 aliphatic heterocycles.